The molecule has 9 rings (SSSR count). The zero-order chi connectivity index (χ0) is 97.2. The summed E-state index contributed by atoms with van der Waals surface area (Å²) in [5, 5.41) is 75.9. The molecule has 0 saturated carbocycles. The Hall–Kier alpha value is -13.6. The number of aromatic hydroxyl groups is 1. The van der Waals surface area contributed by atoms with Gasteiger partial charge in [-0.3, -0.25) is 81.5 Å². The van der Waals surface area contributed by atoms with Crippen molar-refractivity contribution in [2.75, 3.05) is 72.1 Å². The van der Waals surface area contributed by atoms with Gasteiger partial charge in [-0.2, -0.15) is 0 Å². The number of halogens is 3. The number of carbonyl (C=O) groups is 17. The van der Waals surface area contributed by atoms with Gasteiger partial charge in [0.2, 0.25) is 88.6 Å². The van der Waals surface area contributed by atoms with Crippen LogP contribution in [0.25, 0.3) is 10.9 Å². The fourth-order valence-electron chi connectivity index (χ4n) is 15.8. The molecule has 17 N–H and O–H groups in total. The molecular formula is C90H111F3N16O23S. The molecule has 3 saturated heterocycles. The van der Waals surface area contributed by atoms with E-state index in [-0.39, 0.29) is 43.6 Å². The van der Waals surface area contributed by atoms with Gasteiger partial charge in [-0.1, -0.05) is 125 Å². The Bertz CT molecular complexity index is 5200. The Morgan fingerprint density at radius 2 is 1.08 bits per heavy atom. The second kappa shape index (κ2) is 48.6. The summed E-state index contributed by atoms with van der Waals surface area (Å²) < 4.78 is 50.7. The summed E-state index contributed by atoms with van der Waals surface area (Å²) in [5.74, 6) is -28.0. The molecule has 15 amide bonds. The number of thioether (sulfide) groups is 1. The maximum atomic E-state index is 15.7. The van der Waals surface area contributed by atoms with Gasteiger partial charge in [-0.05, 0) is 76.9 Å². The number of aliphatic hydroxyl groups excluding tert-OH is 2. The van der Waals surface area contributed by atoms with E-state index in [1.807, 2.05) is 0 Å². The Morgan fingerprint density at radius 3 is 1.70 bits per heavy atom. The van der Waals surface area contributed by atoms with Crippen molar-refractivity contribution in [3.8, 4) is 5.75 Å². The van der Waals surface area contributed by atoms with Crippen LogP contribution in [0.4, 0.5) is 13.2 Å². The van der Waals surface area contributed by atoms with E-state index >= 15 is 51.9 Å². The zero-order valence-corrected chi connectivity index (χ0v) is 74.7. The average molecular weight is 1870 g/mol. The van der Waals surface area contributed by atoms with Crippen LogP contribution < -0.4 is 53.6 Å². The van der Waals surface area contributed by atoms with Crippen LogP contribution in [0.1, 0.15) is 93.5 Å². The fraction of sp³-hybridized carbons (Fsp3) is 0.456. The number of unbranched alkanes of at least 4 members (excludes halogenated alkanes) is 1. The molecule has 14 atom stereocenters. The number of primary amides is 1. The predicted octanol–water partition coefficient (Wildman–Crippen LogP) is -1.12. The number of amides is 15. The minimum Gasteiger partial charge on any atom is -0.508 e. The van der Waals surface area contributed by atoms with Gasteiger partial charge in [-0.25, -0.2) is 13.2 Å². The number of morpholine rings is 1. The molecule has 3 fully saturated rings. The number of para-hydroxylation sites is 1. The third-order valence-corrected chi connectivity index (χ3v) is 24.0. The van der Waals surface area contributed by atoms with E-state index in [0.717, 1.165) is 38.6 Å². The molecule has 0 bridgehead atoms. The molecule has 0 unspecified atom stereocenters. The standard InChI is InChI=1S/C90H111F3N16O23S/c1-7-8-23-67-89(130)109-44-55(112)39-69(109)84(125)101-63(40-74(115)116)82(123)104-77(48(2)3)90(131)106(5)68(36-49-17-11-9-12-18-49)83(124)102-65(41-75(117)118)87(128)108-29-31-132-45-71(108)85(126)100-62(38-53-42-95-59-22-16-15-21-56(53)59)81(122)99-61(34-51-24-26-54(111)27-25-51)80(121)98-60(28-30-110)79(120)103-66(78(119)96-43-72(94)113)46-133-47-73(114)97-64(35-52-32-57(91)76(93)58(92)33-52)86(127)107(6)70(88(129)105(67)4)37-50-19-13-10-14-20-50/h9-22,24-27,32-33,42,48,55,60-71,77,95,110-112H,7-8,23,28-31,34-41,43-47H2,1-6H3,(H2,94,113)(H,96,119)(H,97,114)(H,98,121)(H,99,122)(H,100,126)(H,101,125)(H,102,124)(H,103,120)(H,104,123)(H,115,116)(H,117,118)/t55-,60+,61+,62-,63+,64+,65+,66+,67+,68+,69-,70+,71-,77+/m1/s1. The summed E-state index contributed by atoms with van der Waals surface area (Å²) in [4.78, 5) is 257. The molecule has 5 aromatic carbocycles. The van der Waals surface area contributed by atoms with E-state index in [1.165, 1.54) is 51.4 Å². The molecule has 716 valence electrons. The van der Waals surface area contributed by atoms with Gasteiger partial charge in [0.1, 0.15) is 84.3 Å². The highest BCUT2D eigenvalue weighted by Crippen LogP contribution is 2.28. The molecule has 39 nitrogen and oxygen atoms in total. The number of H-pyrrole nitrogens is 1. The second-order valence-corrected chi connectivity index (χ2v) is 34.1. The van der Waals surface area contributed by atoms with Crippen molar-refractivity contribution in [3.63, 3.8) is 0 Å². The van der Waals surface area contributed by atoms with Gasteiger partial charge >= 0.3 is 11.9 Å². The molecule has 43 heteroatoms. The number of carboxylic acids is 2. The van der Waals surface area contributed by atoms with E-state index in [4.69, 9.17) is 10.5 Å². The number of ether oxygens (including phenoxy) is 1. The van der Waals surface area contributed by atoms with Crippen molar-refractivity contribution >= 4 is 123 Å². The number of nitrogens with zero attached hydrogens (tertiary/aromatic N) is 5. The lowest BCUT2D eigenvalue weighted by atomic mass is 9.98. The number of phenols is 1. The molecule has 133 heavy (non-hydrogen) atoms. The minimum absolute atomic E-state index is 0.157. The quantitative estimate of drug-likeness (QED) is 0.0338. The van der Waals surface area contributed by atoms with Crippen molar-refractivity contribution in [1.82, 2.24) is 77.3 Å². The Balaban J connectivity index is 1.14. The first kappa shape index (κ1) is 103. The Labute approximate surface area is 766 Å². The van der Waals surface area contributed by atoms with Gasteiger partial charge in [0.25, 0.3) is 0 Å². The lowest BCUT2D eigenvalue weighted by Crippen LogP contribution is -2.64. The van der Waals surface area contributed by atoms with Crippen LogP contribution >= 0.6 is 11.8 Å². The third kappa shape index (κ3) is 28.5. The van der Waals surface area contributed by atoms with Crippen LogP contribution in [0, 0.1) is 23.4 Å². The number of likely N-dealkylation sites (N-methyl/N-ethyl adjacent to an activating group) is 3. The van der Waals surface area contributed by atoms with Gasteiger partial charge in [0.05, 0.1) is 44.5 Å². The highest BCUT2D eigenvalue weighted by atomic mass is 32.2. The van der Waals surface area contributed by atoms with E-state index in [2.05, 4.69) is 52.8 Å². The zero-order valence-electron chi connectivity index (χ0n) is 73.9. The lowest BCUT2D eigenvalue weighted by Gasteiger charge is -2.38. The van der Waals surface area contributed by atoms with Crippen LogP contribution in [0.15, 0.2) is 128 Å². The Kier molecular flexibility index (Phi) is 37.7. The number of aliphatic carboxylic acids is 2. The molecule has 0 aliphatic carbocycles. The number of carbonyl (C=O) groups excluding carboxylic acids is 15. The number of aromatic amines is 1. The highest BCUT2D eigenvalue weighted by molar-refractivity contribution is 8.00. The summed E-state index contributed by atoms with van der Waals surface area (Å²) in [5.41, 5.74) is 7.01. The molecular weight excluding hydrogens is 1760 g/mol. The summed E-state index contributed by atoms with van der Waals surface area (Å²) >= 11 is 0.593. The van der Waals surface area contributed by atoms with E-state index in [0.29, 0.717) is 57.9 Å². The molecule has 4 heterocycles. The number of phenolic OH excluding ortho intramolecular Hbond substituents is 1. The number of hydrogen-bond donors (Lipinski definition) is 16. The molecule has 0 spiro atoms. The minimum atomic E-state index is -2.08. The summed E-state index contributed by atoms with van der Waals surface area (Å²) in [6.07, 6.45) is -5.39. The first-order valence-corrected chi connectivity index (χ1v) is 44.2. The number of nitrogens with one attached hydrogen (secondary N) is 10. The van der Waals surface area contributed by atoms with E-state index < -0.39 is 303 Å². The van der Waals surface area contributed by atoms with E-state index in [9.17, 15) is 68.3 Å². The number of fused-ring (bicyclic) bond motifs is 3. The summed E-state index contributed by atoms with van der Waals surface area (Å²) in [6, 6.07) is 5.79. The molecule has 3 aliphatic heterocycles. The van der Waals surface area contributed by atoms with Crippen molar-refractivity contribution < 1.29 is 125 Å². The molecule has 3 aliphatic rings. The maximum absolute atomic E-state index is 15.7. The molecule has 6 aromatic rings. The first-order valence-electron chi connectivity index (χ1n) is 43.1. The maximum Gasteiger partial charge on any atom is 0.305 e. The van der Waals surface area contributed by atoms with Crippen molar-refractivity contribution in [2.45, 2.75) is 182 Å². The number of carboxylic acid groups (broad SMARTS) is 2. The van der Waals surface area contributed by atoms with Gasteiger partial charge in [0.15, 0.2) is 17.5 Å². The van der Waals surface area contributed by atoms with Crippen LogP contribution in [0.3, 0.4) is 0 Å². The lowest BCUT2D eigenvalue weighted by molar-refractivity contribution is -0.154. The molecule has 1 aromatic heterocycles. The smallest absolute Gasteiger partial charge is 0.305 e. The predicted molar refractivity (Wildman–Crippen MR) is 472 cm³/mol. The van der Waals surface area contributed by atoms with Crippen LogP contribution in [0.2, 0.25) is 0 Å². The van der Waals surface area contributed by atoms with Gasteiger partial charge in [0, 0.05) is 102 Å². The van der Waals surface area contributed by atoms with E-state index in [1.54, 1.807) is 91.9 Å². The second-order valence-electron chi connectivity index (χ2n) is 33.1. The summed E-state index contributed by atoms with van der Waals surface area (Å²) in [6.45, 7) is 1.08. The topological polar surface area (TPSA) is 567 Å². The fourth-order valence-corrected chi connectivity index (χ4v) is 16.6. The van der Waals surface area contributed by atoms with Crippen molar-refractivity contribution in [3.05, 3.63) is 173 Å². The first-order chi connectivity index (χ1) is 63.2. The number of hydrogen-bond acceptors (Lipinski definition) is 22. The number of aromatic nitrogens is 1. The normalized spacial score (nSPS) is 24.2. The highest BCUT2D eigenvalue weighted by Gasteiger charge is 2.48. The number of benzene rings is 5. The monoisotopic (exact) mass is 1870 g/mol. The van der Waals surface area contributed by atoms with Crippen LogP contribution in [0.5, 0.6) is 5.75 Å². The average Bonchev–Trinajstić information content (AvgIpc) is 1.61. The number of rotatable bonds is 23. The molecule has 0 radical (unpaired) electrons. The van der Waals surface area contributed by atoms with Gasteiger partial charge in [-0.15, -0.1) is 11.8 Å². The third-order valence-electron chi connectivity index (χ3n) is 23.0. The van der Waals surface area contributed by atoms with Crippen molar-refractivity contribution in [1.29, 1.82) is 0 Å². The largest absolute Gasteiger partial charge is 0.508 e. The SMILES string of the molecule is CCCC[C@H]1C(=O)N2C[C@H](O)C[C@@H]2C(=O)N[C@@H](CC(=O)O)C(=O)N[C@@H](C(C)C)C(=O)N(C)[C@@H](Cc2ccccc2)C(=O)N[C@@H](CC(=O)O)C(=O)N2CCOC[C@@H]2C(=O)N[C@H](Cc2c[nH]c3ccccc23)C(=O)N[C@@H](Cc2ccc(O)cc2)C(=O)N[C@@H](CCO)C(=O)N[C@H](C(=O)NCC(N)=O)CSCC(=O)N[C@@H](Cc2cc(F)c(F)c(F)c2)C(=O)N(C)[C@@H](Cc2ccccc2)C(=O)N1C. The van der Waals surface area contributed by atoms with Gasteiger partial charge < -0.3 is 113 Å². The van der Waals surface area contributed by atoms with Crippen LogP contribution in [-0.2, 0) is 118 Å². The summed E-state index contributed by atoms with van der Waals surface area (Å²) in [7, 11) is 3.50. The Morgan fingerprint density at radius 1 is 0.549 bits per heavy atom. The van der Waals surface area contributed by atoms with Crippen LogP contribution in [-0.4, -0.2) is 312 Å². The number of aliphatic hydroxyl groups is 2. The number of nitrogens with two attached hydrogens (primary N) is 1. The van der Waals surface area contributed by atoms with Crippen molar-refractivity contribution in [2.24, 2.45) is 11.7 Å².